The number of nitro benzene ring substituents is 2. The summed E-state index contributed by atoms with van der Waals surface area (Å²) >= 11 is 0. The first-order valence-corrected chi connectivity index (χ1v) is 4.78. The molecule has 1 aromatic carbocycles. The Labute approximate surface area is 105 Å². The van der Waals surface area contributed by atoms with Crippen LogP contribution in [0.3, 0.4) is 0 Å². The first kappa shape index (κ1) is 14.0. The van der Waals surface area contributed by atoms with Crippen LogP contribution in [0.15, 0.2) is 12.1 Å². The summed E-state index contributed by atoms with van der Waals surface area (Å²) in [7, 11) is 0. The standard InChI is InChI=1S/C9H8N4O6/c1-4-6(8(14)11-9(10)15)2-5(12(16)17)3-7(4)13(18)19/h2-3H,1H3,(H3,10,11,14,15). The largest absolute Gasteiger partial charge is 0.351 e. The topological polar surface area (TPSA) is 158 Å². The number of carbonyl (C=O) groups is 2. The number of rotatable bonds is 3. The Kier molecular flexibility index (Phi) is 3.75. The fourth-order valence-corrected chi connectivity index (χ4v) is 1.39. The fourth-order valence-electron chi connectivity index (χ4n) is 1.39. The van der Waals surface area contributed by atoms with Gasteiger partial charge in [-0.25, -0.2) is 4.79 Å². The Hall–Kier alpha value is -3.04. The molecule has 1 aromatic rings. The second kappa shape index (κ2) is 5.08. The molecule has 0 heterocycles. The number of urea groups is 1. The van der Waals surface area contributed by atoms with Crippen molar-refractivity contribution in [2.75, 3.05) is 0 Å². The van der Waals surface area contributed by atoms with Crippen molar-refractivity contribution >= 4 is 23.3 Å². The molecule has 3 amide bonds. The van der Waals surface area contributed by atoms with Gasteiger partial charge in [0.25, 0.3) is 17.3 Å². The second-order valence-corrected chi connectivity index (χ2v) is 3.47. The number of carbonyl (C=O) groups excluding carboxylic acids is 2. The van der Waals surface area contributed by atoms with E-state index in [1.807, 2.05) is 0 Å². The van der Waals surface area contributed by atoms with E-state index < -0.39 is 33.2 Å². The van der Waals surface area contributed by atoms with Gasteiger partial charge in [0, 0.05) is 11.6 Å². The molecule has 0 radical (unpaired) electrons. The zero-order chi connectivity index (χ0) is 14.7. The van der Waals surface area contributed by atoms with E-state index in [0.29, 0.717) is 0 Å². The number of imide groups is 1. The summed E-state index contributed by atoms with van der Waals surface area (Å²) in [5.74, 6) is -1.04. The average Bonchev–Trinajstić information content (AvgIpc) is 2.27. The van der Waals surface area contributed by atoms with Gasteiger partial charge in [0.05, 0.1) is 21.5 Å². The maximum atomic E-state index is 11.6. The number of non-ortho nitro benzene ring substituents is 1. The van der Waals surface area contributed by atoms with Crippen molar-refractivity contribution in [3.63, 3.8) is 0 Å². The lowest BCUT2D eigenvalue weighted by Gasteiger charge is -2.05. The Morgan fingerprint density at radius 2 is 1.79 bits per heavy atom. The third-order valence-electron chi connectivity index (χ3n) is 2.25. The van der Waals surface area contributed by atoms with Crippen LogP contribution in [0.2, 0.25) is 0 Å². The minimum Gasteiger partial charge on any atom is -0.351 e. The van der Waals surface area contributed by atoms with Crippen molar-refractivity contribution in [3.05, 3.63) is 43.5 Å². The van der Waals surface area contributed by atoms with Gasteiger partial charge in [0.15, 0.2) is 0 Å². The maximum absolute atomic E-state index is 11.6. The van der Waals surface area contributed by atoms with Crippen LogP contribution in [0.1, 0.15) is 15.9 Å². The zero-order valence-electron chi connectivity index (χ0n) is 9.58. The Morgan fingerprint density at radius 3 is 2.21 bits per heavy atom. The van der Waals surface area contributed by atoms with Crippen LogP contribution < -0.4 is 11.1 Å². The fraction of sp³-hybridized carbons (Fsp3) is 0.111. The van der Waals surface area contributed by atoms with Crippen molar-refractivity contribution in [3.8, 4) is 0 Å². The van der Waals surface area contributed by atoms with Crippen LogP contribution in [-0.2, 0) is 0 Å². The zero-order valence-corrected chi connectivity index (χ0v) is 9.58. The number of hydrogen-bond acceptors (Lipinski definition) is 6. The van der Waals surface area contributed by atoms with Gasteiger partial charge in [-0.1, -0.05) is 0 Å². The van der Waals surface area contributed by atoms with Crippen LogP contribution >= 0.6 is 0 Å². The molecule has 0 aliphatic carbocycles. The monoisotopic (exact) mass is 268 g/mol. The SMILES string of the molecule is Cc1c(C(=O)NC(N)=O)cc([N+](=O)[O-])cc1[N+](=O)[O-]. The predicted molar refractivity (Wildman–Crippen MR) is 61.5 cm³/mol. The van der Waals surface area contributed by atoms with Gasteiger partial charge in [-0.15, -0.1) is 0 Å². The molecule has 0 saturated carbocycles. The molecule has 0 unspecified atom stereocenters. The van der Waals surface area contributed by atoms with E-state index >= 15 is 0 Å². The summed E-state index contributed by atoms with van der Waals surface area (Å²) in [5, 5.41) is 23.1. The highest BCUT2D eigenvalue weighted by atomic mass is 16.6. The molecular formula is C9H8N4O6. The average molecular weight is 268 g/mol. The normalized spacial score (nSPS) is 9.74. The van der Waals surface area contributed by atoms with E-state index in [4.69, 9.17) is 5.73 Å². The molecule has 0 spiro atoms. The highest BCUT2D eigenvalue weighted by Gasteiger charge is 2.25. The highest BCUT2D eigenvalue weighted by Crippen LogP contribution is 2.27. The number of hydrogen-bond donors (Lipinski definition) is 2. The molecule has 0 aliphatic heterocycles. The quantitative estimate of drug-likeness (QED) is 0.603. The minimum absolute atomic E-state index is 0.102. The summed E-state index contributed by atoms with van der Waals surface area (Å²) < 4.78 is 0. The third kappa shape index (κ3) is 3.00. The number of amides is 3. The summed E-state index contributed by atoms with van der Waals surface area (Å²) in [6, 6.07) is 0.398. The van der Waals surface area contributed by atoms with E-state index in [2.05, 4.69) is 0 Å². The van der Waals surface area contributed by atoms with Crippen molar-refractivity contribution < 1.29 is 19.4 Å². The summed E-state index contributed by atoms with van der Waals surface area (Å²) in [4.78, 5) is 41.8. The lowest BCUT2D eigenvalue weighted by atomic mass is 10.0. The molecule has 0 aromatic heterocycles. The van der Waals surface area contributed by atoms with Crippen LogP contribution in [0.5, 0.6) is 0 Å². The lowest BCUT2D eigenvalue weighted by molar-refractivity contribution is -0.394. The Balaban J connectivity index is 3.45. The molecule has 0 fully saturated rings. The molecule has 0 atom stereocenters. The smallest absolute Gasteiger partial charge is 0.319 e. The van der Waals surface area contributed by atoms with Crippen LogP contribution in [-0.4, -0.2) is 21.8 Å². The number of nitrogens with zero attached hydrogens (tertiary/aromatic N) is 2. The second-order valence-electron chi connectivity index (χ2n) is 3.47. The van der Waals surface area contributed by atoms with E-state index in [0.717, 1.165) is 12.1 Å². The van der Waals surface area contributed by atoms with Gasteiger partial charge in [0.2, 0.25) is 0 Å². The van der Waals surface area contributed by atoms with Crippen LogP contribution in [0.25, 0.3) is 0 Å². The van der Waals surface area contributed by atoms with Gasteiger partial charge < -0.3 is 5.73 Å². The van der Waals surface area contributed by atoms with Crippen LogP contribution in [0.4, 0.5) is 16.2 Å². The van der Waals surface area contributed by atoms with Crippen molar-refractivity contribution in [2.45, 2.75) is 6.92 Å². The minimum atomic E-state index is -1.17. The third-order valence-corrected chi connectivity index (χ3v) is 2.25. The molecule has 100 valence electrons. The summed E-state index contributed by atoms with van der Waals surface area (Å²) in [5.41, 5.74) is 3.05. The molecule has 1 rings (SSSR count). The summed E-state index contributed by atoms with van der Waals surface area (Å²) in [6.45, 7) is 1.23. The number of nitrogens with one attached hydrogen (secondary N) is 1. The predicted octanol–water partition coefficient (Wildman–Crippen LogP) is 0.620. The molecule has 3 N–H and O–H groups in total. The molecule has 0 saturated heterocycles. The lowest BCUT2D eigenvalue weighted by Crippen LogP contribution is -2.35. The number of nitrogens with two attached hydrogens (primary N) is 1. The van der Waals surface area contributed by atoms with Crippen molar-refractivity contribution in [1.29, 1.82) is 0 Å². The van der Waals surface area contributed by atoms with Gasteiger partial charge >= 0.3 is 6.03 Å². The summed E-state index contributed by atoms with van der Waals surface area (Å²) in [6.07, 6.45) is 0. The molecule has 10 nitrogen and oxygen atoms in total. The Bertz CT molecular complexity index is 597. The molecule has 10 heteroatoms. The first-order valence-electron chi connectivity index (χ1n) is 4.78. The van der Waals surface area contributed by atoms with E-state index in [9.17, 15) is 29.8 Å². The number of nitro groups is 2. The maximum Gasteiger partial charge on any atom is 0.319 e. The van der Waals surface area contributed by atoms with Crippen LogP contribution in [0, 0.1) is 27.2 Å². The van der Waals surface area contributed by atoms with E-state index in [-0.39, 0.29) is 11.1 Å². The van der Waals surface area contributed by atoms with E-state index in [1.165, 1.54) is 6.92 Å². The van der Waals surface area contributed by atoms with Gasteiger partial charge in [-0.2, -0.15) is 0 Å². The van der Waals surface area contributed by atoms with Gasteiger partial charge in [-0.3, -0.25) is 30.3 Å². The molecular weight excluding hydrogens is 260 g/mol. The first-order chi connectivity index (χ1) is 8.73. The molecule has 0 bridgehead atoms. The van der Waals surface area contributed by atoms with Crippen molar-refractivity contribution in [1.82, 2.24) is 5.32 Å². The number of primary amides is 1. The molecule has 0 aliphatic rings. The Morgan fingerprint density at radius 1 is 1.21 bits per heavy atom. The molecule has 19 heavy (non-hydrogen) atoms. The number of benzene rings is 1. The highest BCUT2D eigenvalue weighted by molar-refractivity contribution is 6.05. The van der Waals surface area contributed by atoms with Gasteiger partial charge in [0.1, 0.15) is 0 Å². The van der Waals surface area contributed by atoms with Crippen molar-refractivity contribution in [2.24, 2.45) is 5.73 Å². The van der Waals surface area contributed by atoms with Gasteiger partial charge in [-0.05, 0) is 6.92 Å². The van der Waals surface area contributed by atoms with E-state index in [1.54, 1.807) is 5.32 Å².